The Hall–Kier alpha value is -3.86. The van der Waals surface area contributed by atoms with Crippen LogP contribution in [0.4, 0.5) is 0 Å². The summed E-state index contributed by atoms with van der Waals surface area (Å²) < 4.78 is 0. The first-order chi connectivity index (χ1) is 9.56. The molecule has 2 aromatic heterocycles. The van der Waals surface area contributed by atoms with E-state index >= 15 is 0 Å². The fourth-order valence-electron chi connectivity index (χ4n) is 0.839. The molecule has 0 aliphatic rings. The summed E-state index contributed by atoms with van der Waals surface area (Å²) in [6.07, 6.45) is 0. The number of aromatic amines is 1. The summed E-state index contributed by atoms with van der Waals surface area (Å²) in [6.45, 7) is 0. The van der Waals surface area contributed by atoms with Crippen molar-refractivity contribution in [1.29, 1.82) is 0 Å². The summed E-state index contributed by atoms with van der Waals surface area (Å²) in [4.78, 5) is 21.4. The van der Waals surface area contributed by atoms with Crippen LogP contribution in [0.5, 0.6) is 0 Å². The van der Waals surface area contributed by atoms with Crippen molar-refractivity contribution in [2.75, 3.05) is 0 Å². The fourth-order valence-corrected chi connectivity index (χ4v) is 0.839. The van der Waals surface area contributed by atoms with Gasteiger partial charge >= 0.3 is 5.62 Å². The molecule has 0 radical (unpaired) electrons. The lowest BCUT2D eigenvalue weighted by Gasteiger charge is -1.92. The average molecular weight is 285 g/mol. The Labute approximate surface area is 104 Å². The van der Waals surface area contributed by atoms with E-state index in [1.807, 2.05) is 0 Å². The van der Waals surface area contributed by atoms with E-state index in [0.29, 0.717) is 9.58 Å². The van der Waals surface area contributed by atoms with Crippen LogP contribution in [0.1, 0.15) is 0 Å². The van der Waals surface area contributed by atoms with Crippen LogP contribution in [-0.4, -0.2) is 45.6 Å². The molecule has 0 aromatic carbocycles. The summed E-state index contributed by atoms with van der Waals surface area (Å²) in [6, 6.07) is 0. The van der Waals surface area contributed by atoms with Gasteiger partial charge in [0, 0.05) is 0 Å². The molecule has 18 nitrogen and oxygen atoms in total. The zero-order chi connectivity index (χ0) is 14.5. The SMILES string of the molecule is O=[N+]([O-])/N=c1\[n-]nnn1/N=N/n1[nH]nn/c1=N\[N+](=O)[O-]. The highest BCUT2D eigenvalue weighted by Crippen LogP contribution is 1.76. The molecule has 2 aromatic rings. The van der Waals surface area contributed by atoms with Gasteiger partial charge in [-0.1, -0.05) is 15.1 Å². The minimum absolute atomic E-state index is 0.493. The average Bonchev–Trinajstić information content (AvgIpc) is 2.95. The van der Waals surface area contributed by atoms with Gasteiger partial charge in [0.1, 0.15) is 10.1 Å². The van der Waals surface area contributed by atoms with Gasteiger partial charge in [-0.3, -0.25) is 0 Å². The predicted octanol–water partition coefficient (Wildman–Crippen LogP) is -3.98. The van der Waals surface area contributed by atoms with Gasteiger partial charge < -0.3 is 0 Å². The van der Waals surface area contributed by atoms with Crippen LogP contribution in [0.2, 0.25) is 0 Å². The van der Waals surface area contributed by atoms with Gasteiger partial charge in [-0.2, -0.15) is 15.2 Å². The van der Waals surface area contributed by atoms with Crippen LogP contribution in [-0.2, 0) is 0 Å². The quantitative estimate of drug-likeness (QED) is 0.327. The third-order valence-electron chi connectivity index (χ3n) is 1.46. The van der Waals surface area contributed by atoms with Gasteiger partial charge in [-0.25, -0.2) is 25.3 Å². The molecule has 0 aliphatic carbocycles. The highest BCUT2D eigenvalue weighted by atomic mass is 16.7. The minimum Gasteiger partial charge on any atom is -0.242 e. The zero-order valence-corrected chi connectivity index (χ0v) is 8.95. The van der Waals surface area contributed by atoms with Gasteiger partial charge in [0.2, 0.25) is 0 Å². The van der Waals surface area contributed by atoms with Gasteiger partial charge in [0.05, 0.1) is 0 Å². The standard InChI is InChI=1S/C2HN14O4/c17-15(18)5-1-3-7-9-13(1)11-12-14-2(4-8-10-14)6-16(19)20/h(H-,3,4,5,6,9,10)/q-1/b12-11+. The third-order valence-corrected chi connectivity index (χ3v) is 1.46. The van der Waals surface area contributed by atoms with Crippen molar-refractivity contribution >= 4 is 0 Å². The molecule has 0 saturated carbocycles. The van der Waals surface area contributed by atoms with Crippen molar-refractivity contribution in [2.24, 2.45) is 20.6 Å². The van der Waals surface area contributed by atoms with Crippen molar-refractivity contribution in [3.63, 3.8) is 0 Å². The number of nitrogens with zero attached hydrogens (tertiary/aromatic N) is 13. The first-order valence-electron chi connectivity index (χ1n) is 4.32. The number of tetrazole rings is 2. The van der Waals surface area contributed by atoms with Crippen molar-refractivity contribution in [3.05, 3.63) is 31.5 Å². The maximum absolute atomic E-state index is 10.2. The van der Waals surface area contributed by atoms with Gasteiger partial charge in [0.15, 0.2) is 10.7 Å². The highest BCUT2D eigenvalue weighted by Gasteiger charge is 2.00. The monoisotopic (exact) mass is 285 g/mol. The van der Waals surface area contributed by atoms with Crippen molar-refractivity contribution in [2.45, 2.75) is 0 Å². The molecule has 2 rings (SSSR count). The molecule has 0 amide bonds. The molecular weight excluding hydrogens is 284 g/mol. The summed E-state index contributed by atoms with van der Waals surface area (Å²) in [5.41, 5.74) is -1.10. The van der Waals surface area contributed by atoms with Crippen LogP contribution in [0.25, 0.3) is 0 Å². The van der Waals surface area contributed by atoms with E-state index < -0.39 is 21.3 Å². The first-order valence-corrected chi connectivity index (χ1v) is 4.32. The van der Waals surface area contributed by atoms with E-state index in [4.69, 9.17) is 0 Å². The maximum Gasteiger partial charge on any atom is 0.360 e. The lowest BCUT2D eigenvalue weighted by molar-refractivity contribution is -0.491. The normalized spacial score (nSPS) is 13.2. The molecule has 0 atom stereocenters. The van der Waals surface area contributed by atoms with Crippen LogP contribution >= 0.6 is 0 Å². The molecule has 1 N–H and O–H groups in total. The van der Waals surface area contributed by atoms with Crippen LogP contribution in [0.3, 0.4) is 0 Å². The molecule has 0 unspecified atom stereocenters. The lowest BCUT2D eigenvalue weighted by Crippen LogP contribution is -2.21. The number of hydrogen-bond acceptors (Lipinski definition) is 10. The Balaban J connectivity index is 2.37. The molecule has 0 aliphatic heterocycles. The molecular formula is C2HN14O4-. The van der Waals surface area contributed by atoms with Gasteiger partial charge in [-0.05, 0) is 15.5 Å². The number of H-pyrrole nitrogens is 1. The topological polar surface area (TPSA) is 227 Å². The summed E-state index contributed by atoms with van der Waals surface area (Å²) in [5, 5.41) is 48.5. The van der Waals surface area contributed by atoms with E-state index in [0.717, 1.165) is 0 Å². The maximum atomic E-state index is 10.2. The molecule has 0 spiro atoms. The number of nitrogens with one attached hydrogen (secondary N) is 1. The van der Waals surface area contributed by atoms with Crippen LogP contribution < -0.4 is 16.3 Å². The Bertz CT molecular complexity index is 714. The first kappa shape index (κ1) is 12.6. The van der Waals surface area contributed by atoms with Crippen LogP contribution in [0.15, 0.2) is 20.6 Å². The largest absolute Gasteiger partial charge is 0.360 e. The van der Waals surface area contributed by atoms with Crippen molar-refractivity contribution in [1.82, 2.24) is 40.6 Å². The van der Waals surface area contributed by atoms with Gasteiger partial charge in [-0.15, -0.1) is 5.21 Å². The molecule has 0 saturated heterocycles. The molecule has 18 heteroatoms. The van der Waals surface area contributed by atoms with E-state index in [9.17, 15) is 20.2 Å². The fraction of sp³-hybridized carbons (Fsp3) is 0. The lowest BCUT2D eigenvalue weighted by atomic mass is 11.2. The van der Waals surface area contributed by atoms with Crippen LogP contribution in [0, 0.1) is 20.2 Å². The molecule has 20 heavy (non-hydrogen) atoms. The van der Waals surface area contributed by atoms with E-state index in [1.54, 1.807) is 0 Å². The second-order valence-corrected chi connectivity index (χ2v) is 2.63. The Morgan fingerprint density at radius 2 is 1.95 bits per heavy atom. The number of aromatic nitrogens is 8. The van der Waals surface area contributed by atoms with E-state index in [1.165, 1.54) is 0 Å². The second-order valence-electron chi connectivity index (χ2n) is 2.63. The molecule has 0 bridgehead atoms. The second kappa shape index (κ2) is 5.19. The number of nitro groups is 2. The van der Waals surface area contributed by atoms with E-state index in [2.05, 4.69) is 51.7 Å². The smallest absolute Gasteiger partial charge is 0.242 e. The zero-order valence-electron chi connectivity index (χ0n) is 8.95. The number of rotatable bonds is 4. The number of hydrogen-bond donors (Lipinski definition) is 1. The summed E-state index contributed by atoms with van der Waals surface area (Å²) in [7, 11) is 0. The Morgan fingerprint density at radius 3 is 2.65 bits per heavy atom. The summed E-state index contributed by atoms with van der Waals surface area (Å²) in [5.74, 6) is 0. The Kier molecular flexibility index (Phi) is 3.27. The predicted molar refractivity (Wildman–Crippen MR) is 48.5 cm³/mol. The summed E-state index contributed by atoms with van der Waals surface area (Å²) >= 11 is 0. The Morgan fingerprint density at radius 1 is 1.20 bits per heavy atom. The minimum atomic E-state index is -1.05. The molecule has 2 heterocycles. The molecule has 0 fully saturated rings. The molecule has 104 valence electrons. The van der Waals surface area contributed by atoms with Crippen molar-refractivity contribution in [3.8, 4) is 0 Å². The van der Waals surface area contributed by atoms with Crippen molar-refractivity contribution < 1.29 is 10.1 Å². The van der Waals surface area contributed by atoms with Gasteiger partial charge in [0.25, 0.3) is 0 Å². The third kappa shape index (κ3) is 2.88. The van der Waals surface area contributed by atoms with E-state index in [-0.39, 0.29) is 0 Å². The highest BCUT2D eigenvalue weighted by molar-refractivity contribution is 4.46.